The summed E-state index contributed by atoms with van der Waals surface area (Å²) in [6, 6.07) is 12.8. The van der Waals surface area contributed by atoms with Gasteiger partial charge >= 0.3 is 5.97 Å². The predicted octanol–water partition coefficient (Wildman–Crippen LogP) is 5.68. The number of ether oxygens (including phenoxy) is 1. The van der Waals surface area contributed by atoms with Crippen LogP contribution >= 0.6 is 0 Å². The first-order valence-corrected chi connectivity index (χ1v) is 9.04. The molecule has 2 rings (SSSR count). The number of nitriles is 1. The lowest BCUT2D eigenvalue weighted by Crippen LogP contribution is -2.08. The van der Waals surface area contributed by atoms with Gasteiger partial charge in [-0.25, -0.2) is 9.18 Å². The van der Waals surface area contributed by atoms with Crippen molar-refractivity contribution in [3.8, 4) is 11.8 Å². The number of carbonyl (C=O) groups is 1. The summed E-state index contributed by atoms with van der Waals surface area (Å²) in [6.07, 6.45) is 5.82. The van der Waals surface area contributed by atoms with Crippen LogP contribution in [0.15, 0.2) is 42.5 Å². The van der Waals surface area contributed by atoms with Crippen molar-refractivity contribution in [2.24, 2.45) is 5.92 Å². The molecule has 1 unspecified atom stereocenters. The van der Waals surface area contributed by atoms with Crippen molar-refractivity contribution in [3.05, 3.63) is 65.0 Å². The zero-order chi connectivity index (χ0) is 18.9. The molecular formula is C22H24FNO2. The summed E-state index contributed by atoms with van der Waals surface area (Å²) in [7, 11) is 0. The number of halogens is 1. The molecule has 4 heteroatoms. The van der Waals surface area contributed by atoms with E-state index in [4.69, 9.17) is 10.00 Å². The first kappa shape index (κ1) is 19.7. The maximum Gasteiger partial charge on any atom is 0.343 e. The fourth-order valence-corrected chi connectivity index (χ4v) is 2.92. The van der Waals surface area contributed by atoms with Gasteiger partial charge in [0.05, 0.1) is 11.1 Å². The third kappa shape index (κ3) is 5.70. The molecule has 0 radical (unpaired) electrons. The molecule has 0 fully saturated rings. The quantitative estimate of drug-likeness (QED) is 0.453. The molecular weight excluding hydrogens is 329 g/mol. The molecule has 26 heavy (non-hydrogen) atoms. The van der Waals surface area contributed by atoms with Gasteiger partial charge in [0.2, 0.25) is 0 Å². The molecule has 0 aromatic heterocycles. The van der Waals surface area contributed by atoms with E-state index in [-0.39, 0.29) is 11.3 Å². The predicted molar refractivity (Wildman–Crippen MR) is 99.5 cm³/mol. The monoisotopic (exact) mass is 353 g/mol. The Hall–Kier alpha value is -2.67. The van der Waals surface area contributed by atoms with Gasteiger partial charge in [0.15, 0.2) is 0 Å². The lowest BCUT2D eigenvalue weighted by Gasteiger charge is -2.10. The van der Waals surface area contributed by atoms with Gasteiger partial charge in [-0.3, -0.25) is 0 Å². The van der Waals surface area contributed by atoms with Gasteiger partial charge in [-0.05, 0) is 48.6 Å². The van der Waals surface area contributed by atoms with Crippen LogP contribution in [0.4, 0.5) is 4.39 Å². The Bertz CT molecular complexity index is 778. The Kier molecular flexibility index (Phi) is 7.35. The number of hydrogen-bond donors (Lipinski definition) is 0. The number of hydrogen-bond acceptors (Lipinski definition) is 3. The van der Waals surface area contributed by atoms with E-state index in [0.29, 0.717) is 5.56 Å². The summed E-state index contributed by atoms with van der Waals surface area (Å²) in [5.41, 5.74) is 1.52. The van der Waals surface area contributed by atoms with Crippen molar-refractivity contribution in [2.45, 2.75) is 46.0 Å². The molecule has 0 aliphatic heterocycles. The SMILES string of the molecule is CCCC(C)CCCc1ccc(C(=O)Oc2ccc(C#N)c(F)c2)cc1. The zero-order valence-corrected chi connectivity index (χ0v) is 15.3. The summed E-state index contributed by atoms with van der Waals surface area (Å²) in [5, 5.41) is 8.72. The summed E-state index contributed by atoms with van der Waals surface area (Å²) >= 11 is 0. The number of nitrogens with zero attached hydrogens (tertiary/aromatic N) is 1. The van der Waals surface area contributed by atoms with Crippen molar-refractivity contribution >= 4 is 5.97 Å². The second kappa shape index (κ2) is 9.72. The lowest BCUT2D eigenvalue weighted by atomic mass is 9.97. The zero-order valence-electron chi connectivity index (χ0n) is 15.3. The molecule has 1 atom stereocenters. The van der Waals surface area contributed by atoms with E-state index in [0.717, 1.165) is 24.8 Å². The van der Waals surface area contributed by atoms with Crippen LogP contribution in [0.1, 0.15) is 61.0 Å². The van der Waals surface area contributed by atoms with Crippen LogP contribution in [0.25, 0.3) is 0 Å². The fraction of sp³-hybridized carbons (Fsp3) is 0.364. The highest BCUT2D eigenvalue weighted by atomic mass is 19.1. The van der Waals surface area contributed by atoms with Gasteiger partial charge in [0, 0.05) is 6.07 Å². The molecule has 2 aromatic rings. The van der Waals surface area contributed by atoms with Crippen LogP contribution in [0.5, 0.6) is 5.75 Å². The van der Waals surface area contributed by atoms with Crippen molar-refractivity contribution in [1.82, 2.24) is 0 Å². The van der Waals surface area contributed by atoms with E-state index in [9.17, 15) is 9.18 Å². The normalized spacial score (nSPS) is 11.6. The minimum atomic E-state index is -0.703. The van der Waals surface area contributed by atoms with E-state index in [1.807, 2.05) is 12.1 Å². The molecule has 0 amide bonds. The first-order chi connectivity index (χ1) is 12.5. The number of esters is 1. The van der Waals surface area contributed by atoms with E-state index >= 15 is 0 Å². The Balaban J connectivity index is 1.90. The van der Waals surface area contributed by atoms with Gasteiger partial charge in [-0.15, -0.1) is 0 Å². The van der Waals surface area contributed by atoms with Crippen LogP contribution in [0.3, 0.4) is 0 Å². The summed E-state index contributed by atoms with van der Waals surface area (Å²) < 4.78 is 18.7. The Labute approximate surface area is 154 Å². The highest BCUT2D eigenvalue weighted by molar-refractivity contribution is 5.91. The average molecular weight is 353 g/mol. The smallest absolute Gasteiger partial charge is 0.343 e. The molecule has 0 N–H and O–H groups in total. The molecule has 0 heterocycles. The van der Waals surface area contributed by atoms with Crippen molar-refractivity contribution < 1.29 is 13.9 Å². The third-order valence-electron chi connectivity index (χ3n) is 4.41. The molecule has 0 aliphatic rings. The van der Waals surface area contributed by atoms with Crippen molar-refractivity contribution in [3.63, 3.8) is 0 Å². The third-order valence-corrected chi connectivity index (χ3v) is 4.41. The molecule has 0 bridgehead atoms. The Morgan fingerprint density at radius 2 is 1.92 bits per heavy atom. The van der Waals surface area contributed by atoms with Gasteiger partial charge in [0.25, 0.3) is 0 Å². The van der Waals surface area contributed by atoms with Crippen LogP contribution in [-0.2, 0) is 6.42 Å². The Morgan fingerprint density at radius 3 is 2.54 bits per heavy atom. The molecule has 0 aliphatic carbocycles. The maximum absolute atomic E-state index is 13.6. The Morgan fingerprint density at radius 1 is 1.19 bits per heavy atom. The van der Waals surface area contributed by atoms with Crippen LogP contribution in [-0.4, -0.2) is 5.97 Å². The number of benzene rings is 2. The highest BCUT2D eigenvalue weighted by Gasteiger charge is 2.11. The van der Waals surface area contributed by atoms with Crippen LogP contribution in [0.2, 0.25) is 0 Å². The molecule has 0 saturated heterocycles. The minimum absolute atomic E-state index is 0.0811. The van der Waals surface area contributed by atoms with Gasteiger partial charge in [-0.2, -0.15) is 5.26 Å². The number of rotatable bonds is 8. The molecule has 2 aromatic carbocycles. The van der Waals surface area contributed by atoms with Crippen molar-refractivity contribution in [1.29, 1.82) is 5.26 Å². The molecule has 136 valence electrons. The minimum Gasteiger partial charge on any atom is -0.423 e. The average Bonchev–Trinajstić information content (AvgIpc) is 2.62. The van der Waals surface area contributed by atoms with Crippen LogP contribution in [0, 0.1) is 23.1 Å². The summed E-state index contributed by atoms with van der Waals surface area (Å²) in [5.74, 6) is -0.412. The summed E-state index contributed by atoms with van der Waals surface area (Å²) in [4.78, 5) is 12.2. The lowest BCUT2D eigenvalue weighted by molar-refractivity contribution is 0.0734. The first-order valence-electron chi connectivity index (χ1n) is 9.04. The van der Waals surface area contributed by atoms with Crippen LogP contribution < -0.4 is 4.74 Å². The second-order valence-electron chi connectivity index (χ2n) is 6.63. The summed E-state index contributed by atoms with van der Waals surface area (Å²) in [6.45, 7) is 4.50. The molecule has 3 nitrogen and oxygen atoms in total. The fourth-order valence-electron chi connectivity index (χ4n) is 2.92. The van der Waals surface area contributed by atoms with E-state index in [1.165, 1.54) is 37.0 Å². The topological polar surface area (TPSA) is 50.1 Å². The number of aryl methyl sites for hydroxylation is 1. The second-order valence-corrected chi connectivity index (χ2v) is 6.63. The van der Waals surface area contributed by atoms with E-state index in [1.54, 1.807) is 18.2 Å². The molecule has 0 spiro atoms. The standard InChI is InChI=1S/C22H24FNO2/c1-3-5-16(2)6-4-7-17-8-10-18(11-9-17)22(25)26-20-13-12-19(15-24)21(23)14-20/h8-14,16H,3-7H2,1-2H3. The van der Waals surface area contributed by atoms with E-state index < -0.39 is 11.8 Å². The van der Waals surface area contributed by atoms with Gasteiger partial charge in [-0.1, -0.05) is 45.2 Å². The van der Waals surface area contributed by atoms with E-state index in [2.05, 4.69) is 13.8 Å². The maximum atomic E-state index is 13.6. The number of carbonyl (C=O) groups excluding carboxylic acids is 1. The van der Waals surface area contributed by atoms with Crippen molar-refractivity contribution in [2.75, 3.05) is 0 Å². The molecule has 0 saturated carbocycles. The van der Waals surface area contributed by atoms with Gasteiger partial charge < -0.3 is 4.74 Å². The highest BCUT2D eigenvalue weighted by Crippen LogP contribution is 2.19. The largest absolute Gasteiger partial charge is 0.423 e. The van der Waals surface area contributed by atoms with Gasteiger partial charge in [0.1, 0.15) is 17.6 Å².